The molecule has 0 aliphatic rings. The summed E-state index contributed by atoms with van der Waals surface area (Å²) >= 11 is 0. The Morgan fingerprint density at radius 2 is 1.71 bits per heavy atom. The van der Waals surface area contributed by atoms with E-state index in [-0.39, 0.29) is 25.2 Å². The van der Waals surface area contributed by atoms with Gasteiger partial charge in [-0.15, -0.1) is 8.96 Å². The normalized spacial score (nSPS) is 10.9. The van der Waals surface area contributed by atoms with Gasteiger partial charge in [-0.2, -0.15) is 9.72 Å². The minimum atomic E-state index is -2.02. The summed E-state index contributed by atoms with van der Waals surface area (Å²) in [5.41, 5.74) is 0.273. The molecule has 0 rings (SSSR count). The van der Waals surface area contributed by atoms with Gasteiger partial charge in [0.05, 0.1) is 6.54 Å². The molecule has 0 spiro atoms. The summed E-state index contributed by atoms with van der Waals surface area (Å²) in [4.78, 5) is 5.87. The van der Waals surface area contributed by atoms with Gasteiger partial charge in [0.1, 0.15) is 0 Å². The van der Waals surface area contributed by atoms with Crippen molar-refractivity contribution in [2.45, 2.75) is 25.7 Å². The second kappa shape index (κ2) is 10.4. The molecule has 0 amide bonds. The van der Waals surface area contributed by atoms with Crippen molar-refractivity contribution in [2.24, 2.45) is 0 Å². The highest BCUT2D eigenvalue weighted by Gasteiger charge is 2.23. The van der Waals surface area contributed by atoms with Gasteiger partial charge in [0.2, 0.25) is 0 Å². The molecule has 100 valence electrons. The Morgan fingerprint density at radius 3 is 2.24 bits per heavy atom. The van der Waals surface area contributed by atoms with Crippen LogP contribution >= 0.6 is 0 Å². The van der Waals surface area contributed by atoms with Gasteiger partial charge in [0, 0.05) is 17.7 Å². The second-order valence-electron chi connectivity index (χ2n) is 3.17. The van der Waals surface area contributed by atoms with Gasteiger partial charge >= 0.3 is 7.32 Å². The monoisotopic (exact) mass is 260 g/mol. The number of hydrogen-bond acceptors (Lipinski definition) is 5. The first-order valence-electron chi connectivity index (χ1n) is 4.92. The van der Waals surface area contributed by atoms with E-state index in [1.165, 1.54) is 0 Å². The molecule has 0 aromatic carbocycles. The lowest BCUT2D eigenvalue weighted by Gasteiger charge is -2.06. The zero-order valence-electron chi connectivity index (χ0n) is 9.00. The highest BCUT2D eigenvalue weighted by molar-refractivity contribution is 6.35. The van der Waals surface area contributed by atoms with E-state index >= 15 is 0 Å². The quantitative estimate of drug-likeness (QED) is 0.204. The molecule has 0 unspecified atom stereocenters. The number of nitrogens with one attached hydrogen (secondary N) is 1. The van der Waals surface area contributed by atoms with Crippen LogP contribution in [0.4, 0.5) is 18.0 Å². The molecule has 1 N–H and O–H groups in total. The SMILES string of the molecule is N=C(CCCOB(OF)OF)CCCN(F)F. The Kier molecular flexibility index (Phi) is 10.0. The molecule has 0 aliphatic heterocycles. The molecule has 0 heterocycles. The molecule has 0 radical (unpaired) electrons. The van der Waals surface area contributed by atoms with E-state index in [0.29, 0.717) is 12.8 Å². The fourth-order valence-corrected chi connectivity index (χ4v) is 1.07. The van der Waals surface area contributed by atoms with Gasteiger partial charge in [-0.1, -0.05) is 9.05 Å². The molecule has 0 aliphatic carbocycles. The molecular weight excluding hydrogens is 247 g/mol. The zero-order valence-corrected chi connectivity index (χ0v) is 9.00. The first-order chi connectivity index (χ1) is 8.10. The summed E-state index contributed by atoms with van der Waals surface area (Å²) in [6.45, 7) is -0.467. The molecule has 0 saturated heterocycles. The van der Waals surface area contributed by atoms with Crippen molar-refractivity contribution < 1.29 is 32.4 Å². The number of rotatable bonds is 11. The van der Waals surface area contributed by atoms with Crippen LogP contribution in [0.25, 0.3) is 0 Å². The van der Waals surface area contributed by atoms with Gasteiger partial charge in [-0.25, -0.2) is 0 Å². The van der Waals surface area contributed by atoms with Crippen LogP contribution in [0.5, 0.6) is 0 Å². The summed E-state index contributed by atoms with van der Waals surface area (Å²) in [6, 6.07) is 0. The third-order valence-electron chi connectivity index (χ3n) is 1.83. The maximum atomic E-state index is 11.6. The largest absolute Gasteiger partial charge is 0.704 e. The molecule has 0 aromatic heterocycles. The van der Waals surface area contributed by atoms with Crippen LogP contribution in [0.2, 0.25) is 0 Å². The Labute approximate surface area is 96.0 Å². The van der Waals surface area contributed by atoms with Crippen LogP contribution in [0.15, 0.2) is 0 Å². The summed E-state index contributed by atoms with van der Waals surface area (Å²) in [5, 5.41) is 6.43. The van der Waals surface area contributed by atoms with Gasteiger partial charge in [-0.05, 0) is 25.7 Å². The third kappa shape index (κ3) is 10.2. The van der Waals surface area contributed by atoms with Crippen molar-refractivity contribution in [1.29, 1.82) is 5.41 Å². The van der Waals surface area contributed by atoms with Crippen molar-refractivity contribution in [3.05, 3.63) is 0 Å². The molecule has 0 atom stereocenters. The van der Waals surface area contributed by atoms with Gasteiger partial charge < -0.3 is 10.1 Å². The van der Waals surface area contributed by atoms with Crippen LogP contribution in [-0.4, -0.2) is 31.5 Å². The predicted octanol–water partition coefficient (Wildman–Crippen LogP) is 2.44. The highest BCUT2D eigenvalue weighted by atomic mass is 19.4. The van der Waals surface area contributed by atoms with Gasteiger partial charge in [0.15, 0.2) is 0 Å². The van der Waals surface area contributed by atoms with Crippen molar-refractivity contribution in [3.8, 4) is 0 Å². The summed E-state index contributed by atoms with van der Waals surface area (Å²) in [6.07, 6.45) is 1.03. The Bertz CT molecular complexity index is 210. The molecule has 17 heavy (non-hydrogen) atoms. The van der Waals surface area contributed by atoms with E-state index in [2.05, 4.69) is 14.4 Å². The fraction of sp³-hybridized carbons (Fsp3) is 0.857. The molecule has 5 nitrogen and oxygen atoms in total. The molecule has 0 aromatic rings. The Balaban J connectivity index is 3.38. The summed E-state index contributed by atoms with van der Waals surface area (Å²) in [5.74, 6) is 0. The van der Waals surface area contributed by atoms with Gasteiger partial charge in [0.25, 0.3) is 0 Å². The van der Waals surface area contributed by atoms with Crippen LogP contribution in [0.1, 0.15) is 25.7 Å². The number of hydrogen-bond donors (Lipinski definition) is 1. The minimum Gasteiger partial charge on any atom is -0.383 e. The Morgan fingerprint density at radius 1 is 1.12 bits per heavy atom. The third-order valence-corrected chi connectivity index (χ3v) is 1.83. The van der Waals surface area contributed by atoms with E-state index in [4.69, 9.17) is 5.41 Å². The van der Waals surface area contributed by atoms with Crippen molar-refractivity contribution >= 4 is 13.0 Å². The first-order valence-corrected chi connectivity index (χ1v) is 4.92. The van der Waals surface area contributed by atoms with Crippen LogP contribution in [0.3, 0.4) is 0 Å². The lowest BCUT2D eigenvalue weighted by molar-refractivity contribution is -0.152. The second-order valence-corrected chi connectivity index (χ2v) is 3.17. The van der Waals surface area contributed by atoms with Crippen molar-refractivity contribution in [3.63, 3.8) is 0 Å². The topological polar surface area (TPSA) is 54.8 Å². The maximum absolute atomic E-state index is 11.6. The molecule has 10 heteroatoms. The summed E-state index contributed by atoms with van der Waals surface area (Å²) in [7, 11) is -2.02. The number of halogens is 4. The molecule has 0 bridgehead atoms. The van der Waals surface area contributed by atoms with Crippen molar-refractivity contribution in [2.75, 3.05) is 13.2 Å². The van der Waals surface area contributed by atoms with Gasteiger partial charge in [-0.3, -0.25) is 0 Å². The van der Waals surface area contributed by atoms with Crippen LogP contribution < -0.4 is 0 Å². The first kappa shape index (κ1) is 16.3. The highest BCUT2D eigenvalue weighted by Crippen LogP contribution is 2.03. The van der Waals surface area contributed by atoms with Crippen LogP contribution in [0, 0.1) is 5.41 Å². The lowest BCUT2D eigenvalue weighted by Crippen LogP contribution is -2.21. The zero-order chi connectivity index (χ0) is 13.1. The van der Waals surface area contributed by atoms with Crippen LogP contribution in [-0.2, 0) is 14.4 Å². The molecular formula is C7H13BF4N2O3. The van der Waals surface area contributed by atoms with E-state index < -0.39 is 19.2 Å². The average Bonchev–Trinajstić information content (AvgIpc) is 2.29. The molecule has 0 saturated carbocycles. The smallest absolute Gasteiger partial charge is 0.383 e. The Hall–Kier alpha value is -0.705. The number of nitrogens with zero attached hydrogens (tertiary/aromatic N) is 1. The fourth-order valence-electron chi connectivity index (χ4n) is 1.07. The van der Waals surface area contributed by atoms with E-state index in [0.717, 1.165) is 0 Å². The standard InChI is InChI=1S/C7H13BF4N2O3/c9-14(10)5-1-3-7(13)4-2-6-15-8(16-11)17-12/h13H,1-6H2. The van der Waals surface area contributed by atoms with E-state index in [1.807, 2.05) is 0 Å². The van der Waals surface area contributed by atoms with Crippen molar-refractivity contribution in [1.82, 2.24) is 5.34 Å². The predicted molar refractivity (Wildman–Crippen MR) is 51.2 cm³/mol. The average molecular weight is 260 g/mol. The minimum absolute atomic E-state index is 0.0702. The lowest BCUT2D eigenvalue weighted by atomic mass is 10.1. The summed E-state index contributed by atoms with van der Waals surface area (Å²) < 4.78 is 50.4. The maximum Gasteiger partial charge on any atom is 0.704 e. The molecule has 0 fully saturated rings. The van der Waals surface area contributed by atoms with E-state index in [9.17, 15) is 18.0 Å². The van der Waals surface area contributed by atoms with E-state index in [1.54, 1.807) is 0 Å².